The first-order chi connectivity index (χ1) is 11.6. The lowest BCUT2D eigenvalue weighted by molar-refractivity contribution is -0.117. The number of hydrogen-bond donors (Lipinski definition) is 0. The summed E-state index contributed by atoms with van der Waals surface area (Å²) in [4.78, 5) is 26.6. The third kappa shape index (κ3) is 2.29. The normalized spacial score (nSPS) is 17.0. The Morgan fingerprint density at radius 1 is 0.958 bits per heavy atom. The molecular formula is C21H17NO2. The zero-order chi connectivity index (χ0) is 16.7. The molecule has 3 heteroatoms. The second-order valence-corrected chi connectivity index (χ2v) is 6.16. The van der Waals surface area contributed by atoms with Gasteiger partial charge >= 0.3 is 0 Å². The van der Waals surface area contributed by atoms with Gasteiger partial charge in [-0.1, -0.05) is 48.5 Å². The number of fused-ring (bicyclic) bond motifs is 2. The van der Waals surface area contributed by atoms with Crippen molar-refractivity contribution in [1.29, 1.82) is 0 Å². The maximum absolute atomic E-state index is 12.6. The first-order valence-electron chi connectivity index (χ1n) is 8.06. The Morgan fingerprint density at radius 3 is 2.46 bits per heavy atom. The molecule has 0 N–H and O–H groups in total. The molecule has 0 bridgehead atoms. The first kappa shape index (κ1) is 14.6. The molecule has 0 radical (unpaired) electrons. The molecule has 0 spiro atoms. The number of nitrogens with zero attached hydrogens (tertiary/aromatic N) is 1. The second kappa shape index (κ2) is 5.60. The topological polar surface area (TPSA) is 37.4 Å². The molecule has 118 valence electrons. The molecule has 3 aromatic carbocycles. The van der Waals surface area contributed by atoms with E-state index >= 15 is 0 Å². The number of ketones is 1. The predicted molar refractivity (Wildman–Crippen MR) is 95.2 cm³/mol. The van der Waals surface area contributed by atoms with E-state index in [1.54, 1.807) is 17.9 Å². The van der Waals surface area contributed by atoms with Crippen molar-refractivity contribution < 1.29 is 9.59 Å². The van der Waals surface area contributed by atoms with Gasteiger partial charge in [0.15, 0.2) is 5.78 Å². The minimum Gasteiger partial charge on any atom is -0.304 e. The Kier molecular flexibility index (Phi) is 3.42. The van der Waals surface area contributed by atoms with Gasteiger partial charge in [0.1, 0.15) is 0 Å². The van der Waals surface area contributed by atoms with E-state index in [-0.39, 0.29) is 17.7 Å². The molecular weight excluding hydrogens is 298 g/mol. The van der Waals surface area contributed by atoms with Crippen LogP contribution in [0.3, 0.4) is 0 Å². The maximum atomic E-state index is 12.6. The van der Waals surface area contributed by atoms with E-state index in [4.69, 9.17) is 0 Å². The van der Waals surface area contributed by atoms with Gasteiger partial charge in [-0.15, -0.1) is 0 Å². The van der Waals surface area contributed by atoms with Crippen LogP contribution in [0.15, 0.2) is 66.7 Å². The van der Waals surface area contributed by atoms with Crippen LogP contribution in [-0.4, -0.2) is 11.7 Å². The van der Waals surface area contributed by atoms with Gasteiger partial charge in [-0.05, 0) is 34.5 Å². The third-order valence-corrected chi connectivity index (χ3v) is 4.65. The summed E-state index contributed by atoms with van der Waals surface area (Å²) in [6.45, 7) is 1.56. The van der Waals surface area contributed by atoms with Crippen molar-refractivity contribution >= 4 is 28.2 Å². The lowest BCUT2D eigenvalue weighted by Gasteiger charge is -2.36. The van der Waals surface area contributed by atoms with Crippen molar-refractivity contribution in [3.8, 4) is 0 Å². The van der Waals surface area contributed by atoms with Crippen LogP contribution in [0, 0.1) is 0 Å². The van der Waals surface area contributed by atoms with Gasteiger partial charge in [0.25, 0.3) is 0 Å². The van der Waals surface area contributed by atoms with Crippen LogP contribution in [0.25, 0.3) is 10.8 Å². The Bertz CT molecular complexity index is 961. The van der Waals surface area contributed by atoms with Crippen LogP contribution >= 0.6 is 0 Å². The van der Waals surface area contributed by atoms with E-state index in [0.717, 1.165) is 16.3 Å². The van der Waals surface area contributed by atoms with Gasteiger partial charge in [0, 0.05) is 18.9 Å². The highest BCUT2D eigenvalue weighted by molar-refractivity contribution is 6.09. The number of para-hydroxylation sites is 1. The summed E-state index contributed by atoms with van der Waals surface area (Å²) < 4.78 is 0. The highest BCUT2D eigenvalue weighted by atomic mass is 16.2. The molecule has 3 nitrogen and oxygen atoms in total. The molecule has 4 rings (SSSR count). The monoisotopic (exact) mass is 315 g/mol. The molecule has 0 fully saturated rings. The Balaban J connectivity index is 1.86. The smallest absolute Gasteiger partial charge is 0.224 e. The highest BCUT2D eigenvalue weighted by Crippen LogP contribution is 2.39. The Labute approximate surface area is 140 Å². The van der Waals surface area contributed by atoms with Crippen LogP contribution in [0.5, 0.6) is 0 Å². The van der Waals surface area contributed by atoms with E-state index < -0.39 is 0 Å². The average Bonchev–Trinajstić information content (AvgIpc) is 2.61. The Hall–Kier alpha value is -2.94. The molecule has 0 aliphatic carbocycles. The van der Waals surface area contributed by atoms with Gasteiger partial charge in [0.2, 0.25) is 5.91 Å². The second-order valence-electron chi connectivity index (χ2n) is 6.16. The zero-order valence-electron chi connectivity index (χ0n) is 13.4. The summed E-state index contributed by atoms with van der Waals surface area (Å²) in [5.74, 6) is 0.0365. The predicted octanol–water partition coefficient (Wildman–Crippen LogP) is 4.52. The van der Waals surface area contributed by atoms with Crippen molar-refractivity contribution in [2.24, 2.45) is 0 Å². The first-order valence-corrected chi connectivity index (χ1v) is 8.06. The van der Waals surface area contributed by atoms with Gasteiger partial charge in [-0.2, -0.15) is 0 Å². The molecule has 1 aliphatic heterocycles. The summed E-state index contributed by atoms with van der Waals surface area (Å²) in [5.41, 5.74) is 2.33. The van der Waals surface area contributed by atoms with Gasteiger partial charge < -0.3 is 4.90 Å². The van der Waals surface area contributed by atoms with Crippen molar-refractivity contribution in [1.82, 2.24) is 0 Å². The highest BCUT2D eigenvalue weighted by Gasteiger charge is 2.34. The molecule has 0 saturated heterocycles. The molecule has 1 heterocycles. The Morgan fingerprint density at radius 2 is 1.67 bits per heavy atom. The molecule has 3 aromatic rings. The molecule has 1 unspecified atom stereocenters. The van der Waals surface area contributed by atoms with E-state index in [0.29, 0.717) is 17.7 Å². The van der Waals surface area contributed by atoms with E-state index in [1.807, 2.05) is 42.5 Å². The number of hydrogen-bond acceptors (Lipinski definition) is 2. The third-order valence-electron chi connectivity index (χ3n) is 4.65. The standard InChI is InChI=1S/C21H17NO2/c1-14(23)22-19-9-5-4-8-18(19)21(24)13-20(22)17-11-10-15-6-2-3-7-16(15)12-17/h2-12,20H,13H2,1H3. The fourth-order valence-electron chi connectivity index (χ4n) is 3.54. The number of amides is 1. The summed E-state index contributed by atoms with van der Waals surface area (Å²) >= 11 is 0. The summed E-state index contributed by atoms with van der Waals surface area (Å²) in [6.07, 6.45) is 0.314. The average molecular weight is 315 g/mol. The van der Waals surface area contributed by atoms with Gasteiger partial charge in [-0.25, -0.2) is 0 Å². The van der Waals surface area contributed by atoms with Crippen molar-refractivity contribution in [3.05, 3.63) is 77.9 Å². The minimum atomic E-state index is -0.255. The van der Waals surface area contributed by atoms with Gasteiger partial charge in [0.05, 0.1) is 11.7 Å². The van der Waals surface area contributed by atoms with Crippen LogP contribution in [-0.2, 0) is 4.79 Å². The number of carbonyl (C=O) groups is 2. The van der Waals surface area contributed by atoms with Crippen LogP contribution in [0.4, 0.5) is 5.69 Å². The molecule has 1 atom stereocenters. The van der Waals surface area contributed by atoms with E-state index in [9.17, 15) is 9.59 Å². The molecule has 1 amide bonds. The number of anilines is 1. The quantitative estimate of drug-likeness (QED) is 0.662. The van der Waals surface area contributed by atoms with Crippen LogP contribution in [0.1, 0.15) is 35.3 Å². The van der Waals surface area contributed by atoms with Crippen molar-refractivity contribution in [3.63, 3.8) is 0 Å². The number of carbonyl (C=O) groups excluding carboxylic acids is 2. The lowest BCUT2D eigenvalue weighted by Crippen LogP contribution is -2.38. The molecule has 0 saturated carbocycles. The fourth-order valence-corrected chi connectivity index (χ4v) is 3.54. The van der Waals surface area contributed by atoms with E-state index in [1.165, 1.54) is 0 Å². The summed E-state index contributed by atoms with van der Waals surface area (Å²) in [6, 6.07) is 21.4. The molecule has 0 aromatic heterocycles. The van der Waals surface area contributed by atoms with E-state index in [2.05, 4.69) is 18.2 Å². The van der Waals surface area contributed by atoms with Gasteiger partial charge in [-0.3, -0.25) is 9.59 Å². The van der Waals surface area contributed by atoms with Crippen LogP contribution < -0.4 is 4.90 Å². The minimum absolute atomic E-state index is 0.0480. The number of rotatable bonds is 1. The molecule has 1 aliphatic rings. The number of Topliss-reactive ketones (excluding diaryl/α,β-unsaturated/α-hetero) is 1. The number of benzene rings is 3. The summed E-state index contributed by atoms with van der Waals surface area (Å²) in [5, 5.41) is 2.27. The SMILES string of the molecule is CC(=O)N1c2ccccc2C(=O)CC1c1ccc2ccccc2c1. The maximum Gasteiger partial charge on any atom is 0.224 e. The van der Waals surface area contributed by atoms with Crippen molar-refractivity contribution in [2.45, 2.75) is 19.4 Å². The zero-order valence-corrected chi connectivity index (χ0v) is 13.4. The molecule has 24 heavy (non-hydrogen) atoms. The summed E-state index contributed by atoms with van der Waals surface area (Å²) in [7, 11) is 0. The largest absolute Gasteiger partial charge is 0.304 e. The van der Waals surface area contributed by atoms with Crippen molar-refractivity contribution in [2.75, 3.05) is 4.90 Å². The lowest BCUT2D eigenvalue weighted by atomic mass is 9.89. The van der Waals surface area contributed by atoms with Crippen LogP contribution in [0.2, 0.25) is 0 Å². The fraction of sp³-hybridized carbons (Fsp3) is 0.143.